The van der Waals surface area contributed by atoms with Crippen molar-refractivity contribution in [2.24, 2.45) is 0 Å². The first-order valence-corrected chi connectivity index (χ1v) is 11.2. The zero-order chi connectivity index (χ0) is 23.7. The molecular formula is C23H26N7O4+. The molecule has 34 heavy (non-hydrogen) atoms. The van der Waals surface area contributed by atoms with Crippen molar-refractivity contribution in [1.82, 2.24) is 30.7 Å². The largest absolute Gasteiger partial charge is 0.457 e. The molecule has 0 unspecified atom stereocenters. The number of tetrazole rings is 1. The highest BCUT2D eigenvalue weighted by atomic mass is 16.5. The molecule has 0 spiro atoms. The maximum Gasteiger partial charge on any atom is 0.338 e. The first-order valence-electron chi connectivity index (χ1n) is 11.2. The second-order valence-corrected chi connectivity index (χ2v) is 8.65. The third-order valence-electron chi connectivity index (χ3n) is 6.56. The van der Waals surface area contributed by atoms with Crippen molar-refractivity contribution in [2.75, 3.05) is 19.6 Å². The lowest BCUT2D eigenvalue weighted by molar-refractivity contribution is -0.660. The minimum atomic E-state index is -0.655. The lowest BCUT2D eigenvalue weighted by Crippen LogP contribution is -2.45. The Kier molecular flexibility index (Phi) is 6.03. The van der Waals surface area contributed by atoms with Crippen LogP contribution in [-0.4, -0.2) is 68.1 Å². The van der Waals surface area contributed by atoms with Gasteiger partial charge in [0.1, 0.15) is 23.1 Å². The van der Waals surface area contributed by atoms with Crippen LogP contribution >= 0.6 is 0 Å². The highest BCUT2D eigenvalue weighted by Gasteiger charge is 2.28. The Labute approximate surface area is 195 Å². The van der Waals surface area contributed by atoms with Gasteiger partial charge in [0.25, 0.3) is 12.2 Å². The van der Waals surface area contributed by atoms with Gasteiger partial charge >= 0.3 is 5.97 Å². The summed E-state index contributed by atoms with van der Waals surface area (Å²) in [5.74, 6) is -0.508. The molecule has 0 radical (unpaired) electrons. The summed E-state index contributed by atoms with van der Waals surface area (Å²) < 4.78 is 6.70. The standard InChI is InChI=1S/C23H25N7O4/c1-14-17(3-4-18-19(14)12-34-23(18)33)21(31)11-29-8-6-15(7-9-29)26-22(32)20-5-2-16(10-24-20)30-13-25-27-28-30/h2-5,10,13,15,21,31H,6-9,11-12H2,1H3,(H,26,32)/p+1/t21-/m0/s1. The maximum absolute atomic E-state index is 12.6. The van der Waals surface area contributed by atoms with E-state index in [9.17, 15) is 14.7 Å². The number of H-pyrrole nitrogens is 1. The van der Waals surface area contributed by atoms with Crippen LogP contribution in [0.25, 0.3) is 5.69 Å². The number of nitrogens with zero attached hydrogens (tertiary/aromatic N) is 5. The molecule has 2 aliphatic rings. The number of pyridine rings is 1. The molecular weight excluding hydrogens is 438 g/mol. The molecule has 1 fully saturated rings. The summed E-state index contributed by atoms with van der Waals surface area (Å²) in [6, 6.07) is 7.05. The number of aliphatic hydroxyl groups excluding tert-OH is 1. The summed E-state index contributed by atoms with van der Waals surface area (Å²) in [7, 11) is 0. The molecule has 176 valence electrons. The second kappa shape index (κ2) is 9.27. The number of hydrogen-bond donors (Lipinski definition) is 3. The van der Waals surface area contributed by atoms with Crippen LogP contribution in [0.5, 0.6) is 0 Å². The number of nitrogens with one attached hydrogen (secondary N) is 2. The molecule has 3 aromatic rings. The summed E-state index contributed by atoms with van der Waals surface area (Å²) in [6.45, 7) is 4.22. The van der Waals surface area contributed by atoms with Crippen LogP contribution in [0.3, 0.4) is 0 Å². The molecule has 5 rings (SSSR count). The molecule has 11 heteroatoms. The van der Waals surface area contributed by atoms with Crippen molar-refractivity contribution in [2.45, 2.75) is 38.5 Å². The average Bonchev–Trinajstić information content (AvgIpc) is 3.51. The molecule has 1 saturated heterocycles. The summed E-state index contributed by atoms with van der Waals surface area (Å²) in [6.07, 6.45) is 4.03. The van der Waals surface area contributed by atoms with Crippen LogP contribution < -0.4 is 10.00 Å². The van der Waals surface area contributed by atoms with Gasteiger partial charge in [-0.15, -0.1) is 4.68 Å². The number of carbonyl (C=O) groups excluding carboxylic acids is 2. The first-order chi connectivity index (χ1) is 16.5. The molecule has 1 amide bonds. The normalized spacial score (nSPS) is 17.3. The molecule has 2 aliphatic heterocycles. The van der Waals surface area contributed by atoms with Crippen molar-refractivity contribution >= 4 is 11.9 Å². The zero-order valence-electron chi connectivity index (χ0n) is 18.8. The highest BCUT2D eigenvalue weighted by molar-refractivity contribution is 5.94. The molecule has 0 aliphatic carbocycles. The van der Waals surface area contributed by atoms with E-state index in [4.69, 9.17) is 4.74 Å². The average molecular weight is 465 g/mol. The quantitative estimate of drug-likeness (QED) is 0.352. The van der Waals surface area contributed by atoms with E-state index in [1.54, 1.807) is 29.1 Å². The van der Waals surface area contributed by atoms with Crippen LogP contribution in [0, 0.1) is 6.92 Å². The second-order valence-electron chi connectivity index (χ2n) is 8.65. The van der Waals surface area contributed by atoms with Gasteiger partial charge in [0.05, 0.1) is 17.9 Å². The van der Waals surface area contributed by atoms with Gasteiger partial charge in [0.15, 0.2) is 5.21 Å². The fourth-order valence-electron chi connectivity index (χ4n) is 4.56. The number of likely N-dealkylation sites (tertiary alicyclic amines) is 1. The summed E-state index contributed by atoms with van der Waals surface area (Å²) >= 11 is 0. The predicted octanol–water partition coefficient (Wildman–Crippen LogP) is 0.383. The van der Waals surface area contributed by atoms with Crippen LogP contribution in [0.4, 0.5) is 0 Å². The monoisotopic (exact) mass is 464 g/mol. The number of aliphatic hydroxyl groups is 1. The van der Waals surface area contributed by atoms with Gasteiger partial charge in [0.2, 0.25) is 0 Å². The van der Waals surface area contributed by atoms with Crippen LogP contribution in [0.2, 0.25) is 0 Å². The van der Waals surface area contributed by atoms with Gasteiger partial charge in [0, 0.05) is 31.2 Å². The van der Waals surface area contributed by atoms with Crippen molar-refractivity contribution in [3.05, 3.63) is 64.7 Å². The number of piperidine rings is 1. The van der Waals surface area contributed by atoms with Gasteiger partial charge in [-0.05, 0) is 49.1 Å². The highest BCUT2D eigenvalue weighted by Crippen LogP contribution is 2.29. The van der Waals surface area contributed by atoms with E-state index in [1.165, 1.54) is 6.33 Å². The van der Waals surface area contributed by atoms with E-state index in [0.717, 1.165) is 48.3 Å². The Bertz CT molecular complexity index is 1190. The zero-order valence-corrected chi connectivity index (χ0v) is 18.8. The summed E-state index contributed by atoms with van der Waals surface area (Å²) in [5.41, 5.74) is 4.27. The molecule has 1 aromatic carbocycles. The van der Waals surface area contributed by atoms with E-state index in [0.29, 0.717) is 17.8 Å². The Hall–Kier alpha value is -3.70. The number of aromatic amines is 1. The SMILES string of the molecule is Cc1c([C@@H](O)CN2CCC(NC(=O)c3ccc(-[n+]4cnn[nH]4)cn3)CC2)ccc2c1COC2=O. The third kappa shape index (κ3) is 4.39. The lowest BCUT2D eigenvalue weighted by Gasteiger charge is -2.33. The number of cyclic esters (lactones) is 1. The fraction of sp³-hybridized carbons (Fsp3) is 0.391. The molecule has 4 heterocycles. The van der Waals surface area contributed by atoms with Gasteiger partial charge in [-0.2, -0.15) is 0 Å². The minimum absolute atomic E-state index is 0.0541. The molecule has 0 saturated carbocycles. The molecule has 0 bridgehead atoms. The number of carbonyl (C=O) groups is 2. The van der Waals surface area contributed by atoms with Crippen molar-refractivity contribution in [1.29, 1.82) is 0 Å². The van der Waals surface area contributed by atoms with Gasteiger partial charge < -0.3 is 20.1 Å². The summed E-state index contributed by atoms with van der Waals surface area (Å²) in [5, 5.41) is 23.9. The predicted molar refractivity (Wildman–Crippen MR) is 118 cm³/mol. The Morgan fingerprint density at radius 2 is 2.15 bits per heavy atom. The first kappa shape index (κ1) is 22.1. The minimum Gasteiger partial charge on any atom is -0.457 e. The number of fused-ring (bicyclic) bond motifs is 1. The van der Waals surface area contributed by atoms with Crippen molar-refractivity contribution in [3.8, 4) is 5.69 Å². The van der Waals surface area contributed by atoms with Crippen molar-refractivity contribution < 1.29 is 24.1 Å². The van der Waals surface area contributed by atoms with Crippen molar-refractivity contribution in [3.63, 3.8) is 0 Å². The Balaban J connectivity index is 1.13. The number of hydrogen-bond acceptors (Lipinski definition) is 8. The van der Waals surface area contributed by atoms with Crippen LogP contribution in [-0.2, 0) is 11.3 Å². The molecule has 3 N–H and O–H groups in total. The Morgan fingerprint density at radius 1 is 1.32 bits per heavy atom. The number of ether oxygens (including phenoxy) is 1. The van der Waals surface area contributed by atoms with E-state index < -0.39 is 6.10 Å². The fourth-order valence-corrected chi connectivity index (χ4v) is 4.56. The molecule has 2 aromatic heterocycles. The number of β-amino-alcohol motifs (C(OH)–C–C–N with tert-alkyl or cyclic N) is 1. The smallest absolute Gasteiger partial charge is 0.338 e. The number of esters is 1. The maximum atomic E-state index is 12.6. The number of amides is 1. The van der Waals surface area contributed by atoms with Gasteiger partial charge in [-0.1, -0.05) is 11.3 Å². The van der Waals surface area contributed by atoms with E-state index in [-0.39, 0.29) is 24.5 Å². The topological polar surface area (TPSA) is 137 Å². The summed E-state index contributed by atoms with van der Waals surface area (Å²) in [4.78, 5) is 30.8. The number of benzene rings is 1. The number of aromatic nitrogens is 5. The van der Waals surface area contributed by atoms with Crippen LogP contribution in [0.15, 0.2) is 36.8 Å². The molecule has 11 nitrogen and oxygen atoms in total. The van der Waals surface area contributed by atoms with E-state index in [1.807, 2.05) is 13.0 Å². The van der Waals surface area contributed by atoms with Gasteiger partial charge in [-0.25, -0.2) is 9.78 Å². The van der Waals surface area contributed by atoms with Crippen LogP contribution in [0.1, 0.15) is 56.5 Å². The van der Waals surface area contributed by atoms with E-state index in [2.05, 4.69) is 30.7 Å². The Morgan fingerprint density at radius 3 is 2.85 bits per heavy atom. The van der Waals surface area contributed by atoms with E-state index >= 15 is 0 Å². The lowest BCUT2D eigenvalue weighted by atomic mass is 9.94. The number of rotatable bonds is 6. The van der Waals surface area contributed by atoms with Gasteiger partial charge in [-0.3, -0.25) is 4.79 Å². The molecule has 1 atom stereocenters. The third-order valence-corrected chi connectivity index (χ3v) is 6.56.